The van der Waals surface area contributed by atoms with Crippen LogP contribution in [0, 0.1) is 5.82 Å². The van der Waals surface area contributed by atoms with E-state index in [9.17, 15) is 9.18 Å². The molecule has 1 fully saturated rings. The van der Waals surface area contributed by atoms with Gasteiger partial charge >= 0.3 is 0 Å². The molecule has 1 saturated heterocycles. The summed E-state index contributed by atoms with van der Waals surface area (Å²) in [5.41, 5.74) is 3.14. The second kappa shape index (κ2) is 9.25. The van der Waals surface area contributed by atoms with Gasteiger partial charge in [0.05, 0.1) is 18.8 Å². The van der Waals surface area contributed by atoms with E-state index in [1.807, 2.05) is 23.2 Å². The van der Waals surface area contributed by atoms with Crippen molar-refractivity contribution in [1.29, 1.82) is 0 Å². The SMILES string of the molecule is COC[C@H]1CN[C@H](C)CN1CC(=O)N1CC(C)(C)c2cnc(Cc3ccccc3F)cc21. The smallest absolute Gasteiger partial charge is 0.241 e. The van der Waals surface area contributed by atoms with Crippen molar-refractivity contribution < 1.29 is 13.9 Å². The maximum absolute atomic E-state index is 14.2. The van der Waals surface area contributed by atoms with Gasteiger partial charge in [-0.3, -0.25) is 14.7 Å². The van der Waals surface area contributed by atoms with Crippen molar-refractivity contribution in [2.24, 2.45) is 0 Å². The summed E-state index contributed by atoms with van der Waals surface area (Å²) in [4.78, 5) is 22.2. The Bertz CT molecular complexity index is 980. The van der Waals surface area contributed by atoms with E-state index in [1.165, 1.54) is 6.07 Å². The average molecular weight is 441 g/mol. The third-order valence-electron chi connectivity index (χ3n) is 6.57. The molecule has 0 spiro atoms. The number of carbonyl (C=O) groups is 1. The monoisotopic (exact) mass is 440 g/mol. The van der Waals surface area contributed by atoms with Crippen LogP contribution in [0.15, 0.2) is 36.5 Å². The van der Waals surface area contributed by atoms with Crippen LogP contribution < -0.4 is 10.2 Å². The van der Waals surface area contributed by atoms with Gasteiger partial charge in [-0.15, -0.1) is 0 Å². The highest BCUT2D eigenvalue weighted by Gasteiger charge is 2.39. The zero-order valence-electron chi connectivity index (χ0n) is 19.4. The summed E-state index contributed by atoms with van der Waals surface area (Å²) < 4.78 is 19.5. The molecule has 0 saturated carbocycles. The fraction of sp³-hybridized carbons (Fsp3) is 0.520. The van der Waals surface area contributed by atoms with Crippen LogP contribution in [0.2, 0.25) is 0 Å². The van der Waals surface area contributed by atoms with Crippen LogP contribution in [0.3, 0.4) is 0 Å². The van der Waals surface area contributed by atoms with Crippen molar-refractivity contribution in [2.75, 3.05) is 44.8 Å². The molecule has 6 nitrogen and oxygen atoms in total. The van der Waals surface area contributed by atoms with Gasteiger partial charge in [-0.2, -0.15) is 0 Å². The van der Waals surface area contributed by atoms with E-state index >= 15 is 0 Å². The molecule has 0 radical (unpaired) electrons. The molecule has 1 amide bonds. The van der Waals surface area contributed by atoms with Gasteiger partial charge in [0.25, 0.3) is 0 Å². The topological polar surface area (TPSA) is 57.7 Å². The molecule has 172 valence electrons. The molecule has 4 rings (SSSR count). The van der Waals surface area contributed by atoms with Crippen molar-refractivity contribution >= 4 is 11.6 Å². The molecule has 32 heavy (non-hydrogen) atoms. The fourth-order valence-electron chi connectivity index (χ4n) is 4.79. The molecular weight excluding hydrogens is 407 g/mol. The number of piperazine rings is 1. The van der Waals surface area contributed by atoms with Gasteiger partial charge < -0.3 is 15.0 Å². The third kappa shape index (κ3) is 4.70. The van der Waals surface area contributed by atoms with Crippen LogP contribution in [0.1, 0.15) is 37.6 Å². The zero-order valence-corrected chi connectivity index (χ0v) is 19.4. The Hall–Kier alpha value is -2.35. The van der Waals surface area contributed by atoms with E-state index in [0.29, 0.717) is 37.7 Å². The van der Waals surface area contributed by atoms with E-state index in [0.717, 1.165) is 30.0 Å². The van der Waals surface area contributed by atoms with Crippen LogP contribution in [0.4, 0.5) is 10.1 Å². The van der Waals surface area contributed by atoms with Crippen LogP contribution in [0.5, 0.6) is 0 Å². The summed E-state index contributed by atoms with van der Waals surface area (Å²) in [5.74, 6) is -0.157. The lowest BCUT2D eigenvalue weighted by atomic mass is 9.88. The van der Waals surface area contributed by atoms with Crippen LogP contribution in [-0.2, 0) is 21.4 Å². The lowest BCUT2D eigenvalue weighted by Crippen LogP contribution is -2.59. The molecule has 7 heteroatoms. The summed E-state index contributed by atoms with van der Waals surface area (Å²) in [5, 5.41) is 3.47. The number of hydrogen-bond acceptors (Lipinski definition) is 5. The molecule has 2 aromatic rings. The molecule has 2 aliphatic heterocycles. The number of benzene rings is 1. The van der Waals surface area contributed by atoms with E-state index < -0.39 is 0 Å². The minimum atomic E-state index is -0.236. The molecule has 2 atom stereocenters. The Morgan fingerprint density at radius 2 is 2.12 bits per heavy atom. The Labute approximate surface area is 189 Å². The maximum atomic E-state index is 14.2. The Morgan fingerprint density at radius 1 is 1.34 bits per heavy atom. The fourth-order valence-corrected chi connectivity index (χ4v) is 4.79. The first-order chi connectivity index (χ1) is 15.3. The second-order valence-electron chi connectivity index (χ2n) is 9.67. The van der Waals surface area contributed by atoms with E-state index in [-0.39, 0.29) is 23.2 Å². The number of nitrogens with one attached hydrogen (secondary N) is 1. The van der Waals surface area contributed by atoms with Gasteiger partial charge in [-0.25, -0.2) is 4.39 Å². The number of hydrogen-bond donors (Lipinski definition) is 1. The summed E-state index contributed by atoms with van der Waals surface area (Å²) in [6.07, 6.45) is 2.26. The number of nitrogens with zero attached hydrogens (tertiary/aromatic N) is 3. The molecule has 1 N–H and O–H groups in total. The number of carbonyl (C=O) groups excluding carboxylic acids is 1. The Morgan fingerprint density at radius 3 is 2.88 bits per heavy atom. The molecular formula is C25H33FN4O2. The van der Waals surface area contributed by atoms with Crippen molar-refractivity contribution in [3.05, 3.63) is 59.2 Å². The normalized spacial score (nSPS) is 22.7. The largest absolute Gasteiger partial charge is 0.383 e. The first-order valence-corrected chi connectivity index (χ1v) is 11.3. The summed E-state index contributed by atoms with van der Waals surface area (Å²) in [7, 11) is 1.70. The predicted molar refractivity (Wildman–Crippen MR) is 124 cm³/mol. The summed E-state index contributed by atoms with van der Waals surface area (Å²) >= 11 is 0. The Balaban J connectivity index is 1.57. The van der Waals surface area contributed by atoms with Gasteiger partial charge in [0.1, 0.15) is 5.82 Å². The lowest BCUT2D eigenvalue weighted by Gasteiger charge is -2.39. The standard InChI is InChI=1S/C25H33FN4O2/c1-17-13-29(20(11-27-17)15-32-4)14-24(31)30-16-25(2,3)21-12-28-19(10-23(21)30)9-18-7-5-6-8-22(18)26/h5-8,10,12,17,20,27H,9,11,13-16H2,1-4H3/t17-,20-/m1/s1. The van der Waals surface area contributed by atoms with E-state index in [1.54, 1.807) is 19.2 Å². The number of pyridine rings is 1. The minimum Gasteiger partial charge on any atom is -0.383 e. The van der Waals surface area contributed by atoms with Crippen LogP contribution in [-0.4, -0.2) is 67.8 Å². The van der Waals surface area contributed by atoms with E-state index in [2.05, 4.69) is 36.0 Å². The molecule has 1 aromatic carbocycles. The van der Waals surface area contributed by atoms with Crippen LogP contribution >= 0.6 is 0 Å². The minimum absolute atomic E-state index is 0.0788. The highest BCUT2D eigenvalue weighted by molar-refractivity contribution is 5.97. The molecule has 3 heterocycles. The van der Waals surface area contributed by atoms with Gasteiger partial charge in [0, 0.05) is 68.1 Å². The quantitative estimate of drug-likeness (QED) is 0.749. The number of halogens is 1. The zero-order chi connectivity index (χ0) is 22.9. The Kier molecular flexibility index (Phi) is 6.60. The molecule has 0 unspecified atom stereocenters. The van der Waals surface area contributed by atoms with Crippen molar-refractivity contribution in [3.63, 3.8) is 0 Å². The number of methoxy groups -OCH3 is 1. The van der Waals surface area contributed by atoms with Gasteiger partial charge in [0.15, 0.2) is 0 Å². The molecule has 1 aromatic heterocycles. The first kappa shape index (κ1) is 22.8. The number of fused-ring (bicyclic) bond motifs is 1. The molecule has 2 aliphatic rings. The highest BCUT2D eigenvalue weighted by Crippen LogP contribution is 2.40. The summed E-state index contributed by atoms with van der Waals surface area (Å²) in [6, 6.07) is 9.22. The average Bonchev–Trinajstić information content (AvgIpc) is 3.02. The van der Waals surface area contributed by atoms with Crippen molar-refractivity contribution in [1.82, 2.24) is 15.2 Å². The predicted octanol–water partition coefficient (Wildman–Crippen LogP) is 2.74. The number of anilines is 1. The first-order valence-electron chi connectivity index (χ1n) is 11.3. The number of amides is 1. The molecule has 0 bridgehead atoms. The number of rotatable bonds is 6. The van der Waals surface area contributed by atoms with Crippen molar-refractivity contribution in [3.8, 4) is 0 Å². The molecule has 0 aliphatic carbocycles. The van der Waals surface area contributed by atoms with Gasteiger partial charge in [-0.1, -0.05) is 32.0 Å². The van der Waals surface area contributed by atoms with Gasteiger partial charge in [0.2, 0.25) is 5.91 Å². The second-order valence-corrected chi connectivity index (χ2v) is 9.67. The van der Waals surface area contributed by atoms with E-state index in [4.69, 9.17) is 4.74 Å². The highest BCUT2D eigenvalue weighted by atomic mass is 19.1. The third-order valence-corrected chi connectivity index (χ3v) is 6.57. The van der Waals surface area contributed by atoms with Gasteiger partial charge in [-0.05, 0) is 24.6 Å². The van der Waals surface area contributed by atoms with Crippen molar-refractivity contribution in [2.45, 2.75) is 44.7 Å². The van der Waals surface area contributed by atoms with Crippen LogP contribution in [0.25, 0.3) is 0 Å². The maximum Gasteiger partial charge on any atom is 0.241 e. The number of ether oxygens (including phenoxy) is 1. The number of aromatic nitrogens is 1. The lowest BCUT2D eigenvalue weighted by molar-refractivity contribution is -0.121. The summed E-state index contributed by atoms with van der Waals surface area (Å²) in [6.45, 7) is 9.57.